The fourth-order valence-corrected chi connectivity index (χ4v) is 4.87. The lowest BCUT2D eigenvalue weighted by molar-refractivity contribution is -0.175. The zero-order chi connectivity index (χ0) is 21.1. The van der Waals surface area contributed by atoms with Crippen LogP contribution in [0.3, 0.4) is 0 Å². The van der Waals surface area contributed by atoms with Gasteiger partial charge in [-0.05, 0) is 55.2 Å². The van der Waals surface area contributed by atoms with Crippen LogP contribution in [0.15, 0.2) is 47.5 Å². The van der Waals surface area contributed by atoms with E-state index in [-0.39, 0.29) is 11.9 Å². The van der Waals surface area contributed by atoms with Crippen molar-refractivity contribution in [2.24, 2.45) is 10.7 Å². The SMILES string of the molecule is CN1C(=O)C2(N=C1N)c1cc(-c3cccc(C#N)c3)ccc1OC1(C)CCCOC12. The van der Waals surface area contributed by atoms with Crippen molar-refractivity contribution in [2.45, 2.75) is 37.0 Å². The average Bonchev–Trinajstić information content (AvgIpc) is 2.98. The standard InChI is InChI=1S/C23H22N4O3/c1-22-9-4-10-29-19(22)23(20(28)27(2)21(25)26-23)17-12-16(7-8-18(17)30-22)15-6-3-5-14(11-15)13-24/h3,5-8,11-12,19H,4,9-10H2,1-2H3,(H2,25,26). The molecule has 2 aromatic carbocycles. The zero-order valence-corrected chi connectivity index (χ0v) is 16.9. The largest absolute Gasteiger partial charge is 0.484 e. The van der Waals surface area contributed by atoms with Crippen LogP contribution in [0.4, 0.5) is 0 Å². The molecule has 3 heterocycles. The maximum atomic E-state index is 13.6. The second kappa shape index (κ2) is 6.31. The van der Waals surface area contributed by atoms with E-state index in [2.05, 4.69) is 6.07 Å². The molecule has 0 radical (unpaired) electrons. The molecule has 2 aromatic rings. The van der Waals surface area contributed by atoms with Gasteiger partial charge < -0.3 is 15.2 Å². The van der Waals surface area contributed by atoms with Crippen molar-refractivity contribution < 1.29 is 14.3 Å². The van der Waals surface area contributed by atoms with Gasteiger partial charge in [-0.1, -0.05) is 18.2 Å². The molecule has 2 N–H and O–H groups in total. The van der Waals surface area contributed by atoms with Gasteiger partial charge in [0, 0.05) is 19.2 Å². The summed E-state index contributed by atoms with van der Waals surface area (Å²) < 4.78 is 12.6. The molecule has 1 spiro atoms. The van der Waals surface area contributed by atoms with Gasteiger partial charge in [0.2, 0.25) is 5.54 Å². The highest BCUT2D eigenvalue weighted by molar-refractivity contribution is 6.08. The summed E-state index contributed by atoms with van der Waals surface area (Å²) in [5.74, 6) is 0.562. The topological polar surface area (TPSA) is 101 Å². The summed E-state index contributed by atoms with van der Waals surface area (Å²) >= 11 is 0. The molecule has 152 valence electrons. The first kappa shape index (κ1) is 18.6. The number of nitrogens with zero attached hydrogens (tertiary/aromatic N) is 3. The number of guanidine groups is 1. The molecule has 3 atom stereocenters. The molecule has 1 amide bonds. The van der Waals surface area contributed by atoms with E-state index in [1.165, 1.54) is 4.90 Å². The van der Waals surface area contributed by atoms with Gasteiger partial charge in [-0.2, -0.15) is 5.26 Å². The second-order valence-electron chi connectivity index (χ2n) is 8.27. The molecule has 3 unspecified atom stereocenters. The third-order valence-corrected chi connectivity index (χ3v) is 6.36. The first-order chi connectivity index (χ1) is 14.4. The summed E-state index contributed by atoms with van der Waals surface area (Å²) in [5, 5.41) is 9.25. The highest BCUT2D eigenvalue weighted by Gasteiger charge is 2.65. The van der Waals surface area contributed by atoms with Crippen molar-refractivity contribution in [2.75, 3.05) is 13.7 Å². The van der Waals surface area contributed by atoms with Crippen LogP contribution in [0.5, 0.6) is 5.75 Å². The molecule has 5 rings (SSSR count). The molecular formula is C23H22N4O3. The van der Waals surface area contributed by atoms with Gasteiger partial charge >= 0.3 is 0 Å². The first-order valence-electron chi connectivity index (χ1n) is 9.98. The smallest absolute Gasteiger partial charge is 0.264 e. The van der Waals surface area contributed by atoms with Gasteiger partial charge in [0.1, 0.15) is 17.5 Å². The average molecular weight is 402 g/mol. The summed E-state index contributed by atoms with van der Waals surface area (Å²) in [6.45, 7) is 2.51. The van der Waals surface area contributed by atoms with Crippen molar-refractivity contribution in [3.63, 3.8) is 0 Å². The van der Waals surface area contributed by atoms with Crippen LogP contribution in [-0.2, 0) is 15.1 Å². The van der Waals surface area contributed by atoms with E-state index in [1.54, 1.807) is 13.1 Å². The summed E-state index contributed by atoms with van der Waals surface area (Å²) in [6.07, 6.45) is 1.03. The van der Waals surface area contributed by atoms with E-state index in [9.17, 15) is 10.1 Å². The lowest BCUT2D eigenvalue weighted by atomic mass is 9.71. The highest BCUT2D eigenvalue weighted by Crippen LogP contribution is 2.53. The Morgan fingerprint density at radius 1 is 1.27 bits per heavy atom. The predicted molar refractivity (Wildman–Crippen MR) is 111 cm³/mol. The Balaban J connectivity index is 1.75. The molecule has 0 aromatic heterocycles. The molecule has 7 heteroatoms. The molecule has 7 nitrogen and oxygen atoms in total. The quantitative estimate of drug-likeness (QED) is 0.790. The maximum absolute atomic E-state index is 13.6. The number of amides is 1. The number of nitrogens with two attached hydrogens (primary N) is 1. The van der Waals surface area contributed by atoms with E-state index in [1.807, 2.05) is 43.3 Å². The van der Waals surface area contributed by atoms with Gasteiger partial charge in [-0.25, -0.2) is 4.99 Å². The van der Waals surface area contributed by atoms with E-state index < -0.39 is 17.2 Å². The van der Waals surface area contributed by atoms with E-state index in [4.69, 9.17) is 20.2 Å². The molecule has 3 aliphatic rings. The Morgan fingerprint density at radius 2 is 2.07 bits per heavy atom. The zero-order valence-electron chi connectivity index (χ0n) is 16.9. The fraction of sp³-hybridized carbons (Fsp3) is 0.348. The molecule has 0 aliphatic carbocycles. The van der Waals surface area contributed by atoms with Crippen LogP contribution in [-0.4, -0.2) is 42.1 Å². The molecular weight excluding hydrogens is 380 g/mol. The van der Waals surface area contributed by atoms with Crippen molar-refractivity contribution in [1.29, 1.82) is 5.26 Å². The molecule has 0 bridgehead atoms. The maximum Gasteiger partial charge on any atom is 0.264 e. The van der Waals surface area contributed by atoms with Crippen LogP contribution in [0, 0.1) is 11.3 Å². The number of rotatable bonds is 1. The third-order valence-electron chi connectivity index (χ3n) is 6.36. The van der Waals surface area contributed by atoms with Crippen LogP contribution in [0.2, 0.25) is 0 Å². The molecule has 1 fully saturated rings. The van der Waals surface area contributed by atoms with E-state index in [0.717, 1.165) is 24.0 Å². The van der Waals surface area contributed by atoms with Crippen molar-refractivity contribution >= 4 is 11.9 Å². The molecule has 3 aliphatic heterocycles. The highest BCUT2D eigenvalue weighted by atomic mass is 16.6. The number of ether oxygens (including phenoxy) is 2. The van der Waals surface area contributed by atoms with Crippen molar-refractivity contribution in [3.8, 4) is 22.9 Å². The van der Waals surface area contributed by atoms with Crippen LogP contribution in [0.1, 0.15) is 30.9 Å². The van der Waals surface area contributed by atoms with E-state index in [0.29, 0.717) is 23.5 Å². The normalized spacial score (nSPS) is 29.6. The second-order valence-corrected chi connectivity index (χ2v) is 8.27. The number of likely N-dealkylation sites (N-methyl/N-ethyl adjacent to an activating group) is 1. The summed E-state index contributed by atoms with van der Waals surface area (Å²) in [4.78, 5) is 19.6. The van der Waals surface area contributed by atoms with Gasteiger partial charge in [-0.15, -0.1) is 0 Å². The lowest BCUT2D eigenvalue weighted by Crippen LogP contribution is -2.64. The molecule has 0 saturated carbocycles. The van der Waals surface area contributed by atoms with Crippen molar-refractivity contribution in [1.82, 2.24) is 4.90 Å². The number of hydrogen-bond donors (Lipinski definition) is 1. The first-order valence-corrected chi connectivity index (χ1v) is 9.98. The van der Waals surface area contributed by atoms with Gasteiger partial charge in [0.05, 0.1) is 11.6 Å². The Hall–Kier alpha value is -3.37. The number of nitriles is 1. The lowest BCUT2D eigenvalue weighted by Gasteiger charge is -2.51. The number of carbonyl (C=O) groups is 1. The Kier molecular flexibility index (Phi) is 3.92. The Morgan fingerprint density at radius 3 is 2.80 bits per heavy atom. The minimum absolute atomic E-state index is 0.168. The minimum Gasteiger partial charge on any atom is -0.484 e. The minimum atomic E-state index is -1.29. The van der Waals surface area contributed by atoms with Gasteiger partial charge in [0.25, 0.3) is 5.91 Å². The van der Waals surface area contributed by atoms with Crippen LogP contribution < -0.4 is 10.5 Å². The summed E-state index contributed by atoms with van der Waals surface area (Å²) in [6, 6.07) is 15.2. The van der Waals surface area contributed by atoms with Crippen LogP contribution >= 0.6 is 0 Å². The number of aliphatic imine (C=N–C) groups is 1. The third kappa shape index (κ3) is 2.40. The van der Waals surface area contributed by atoms with Crippen molar-refractivity contribution in [3.05, 3.63) is 53.6 Å². The molecule has 1 saturated heterocycles. The Labute approximate surface area is 174 Å². The number of benzene rings is 2. The van der Waals surface area contributed by atoms with Crippen LogP contribution in [0.25, 0.3) is 11.1 Å². The monoisotopic (exact) mass is 402 g/mol. The van der Waals surface area contributed by atoms with Gasteiger partial charge in [-0.3, -0.25) is 9.69 Å². The van der Waals surface area contributed by atoms with E-state index >= 15 is 0 Å². The Bertz CT molecular complexity index is 1140. The summed E-state index contributed by atoms with van der Waals surface area (Å²) in [7, 11) is 1.63. The number of fused-ring (bicyclic) bond motifs is 4. The number of carbonyl (C=O) groups excluding carboxylic acids is 1. The molecule has 30 heavy (non-hydrogen) atoms. The summed E-state index contributed by atoms with van der Waals surface area (Å²) in [5.41, 5.74) is 7.09. The number of hydrogen-bond acceptors (Lipinski definition) is 6. The predicted octanol–water partition coefficient (Wildman–Crippen LogP) is 2.54. The fourth-order valence-electron chi connectivity index (χ4n) is 4.87. The van der Waals surface area contributed by atoms with Gasteiger partial charge in [0.15, 0.2) is 5.96 Å².